The SMILES string of the molecule is COCc1noc(CCNC(=O)c2cc(C)nc3c(C)cc(C)cc23)n1. The van der Waals surface area contributed by atoms with Crippen molar-refractivity contribution >= 4 is 16.8 Å². The van der Waals surface area contributed by atoms with Crippen LogP contribution in [0.3, 0.4) is 0 Å². The van der Waals surface area contributed by atoms with E-state index in [2.05, 4.69) is 26.5 Å². The summed E-state index contributed by atoms with van der Waals surface area (Å²) in [6.45, 7) is 6.63. The van der Waals surface area contributed by atoms with Crippen LogP contribution in [0.2, 0.25) is 0 Å². The van der Waals surface area contributed by atoms with Crippen LogP contribution in [-0.2, 0) is 17.8 Å². The first-order valence-electron chi connectivity index (χ1n) is 8.45. The Hall–Kier alpha value is -2.80. The second-order valence-electron chi connectivity index (χ2n) is 6.33. The maximum atomic E-state index is 12.7. The molecular formula is C19H22N4O3. The molecule has 1 N–H and O–H groups in total. The zero-order valence-electron chi connectivity index (χ0n) is 15.4. The number of benzene rings is 1. The van der Waals surface area contributed by atoms with Gasteiger partial charge in [0.15, 0.2) is 5.82 Å². The third-order valence-corrected chi connectivity index (χ3v) is 4.03. The number of ether oxygens (including phenoxy) is 1. The smallest absolute Gasteiger partial charge is 0.252 e. The van der Waals surface area contributed by atoms with Gasteiger partial charge in [-0.15, -0.1) is 0 Å². The van der Waals surface area contributed by atoms with Crippen molar-refractivity contribution < 1.29 is 14.1 Å². The molecule has 0 fully saturated rings. The standard InChI is InChI=1S/C19H22N4O3/c1-11-7-12(2)18-14(8-11)15(9-13(3)21-18)19(24)20-6-5-17-22-16(10-25-4)23-26-17/h7-9H,5-6,10H2,1-4H3,(H,20,24). The predicted octanol–water partition coefficient (Wildman–Crippen LogP) is 2.66. The number of pyridine rings is 1. The number of aryl methyl sites for hydroxylation is 3. The van der Waals surface area contributed by atoms with E-state index in [9.17, 15) is 4.79 Å². The zero-order valence-corrected chi connectivity index (χ0v) is 15.4. The maximum absolute atomic E-state index is 12.7. The summed E-state index contributed by atoms with van der Waals surface area (Å²) in [5.41, 5.74) is 4.47. The van der Waals surface area contributed by atoms with Crippen molar-refractivity contribution in [3.8, 4) is 0 Å². The highest BCUT2D eigenvalue weighted by Gasteiger charge is 2.14. The van der Waals surface area contributed by atoms with E-state index >= 15 is 0 Å². The molecule has 1 aromatic carbocycles. The quantitative estimate of drug-likeness (QED) is 0.732. The molecule has 0 saturated carbocycles. The lowest BCUT2D eigenvalue weighted by Gasteiger charge is -2.11. The summed E-state index contributed by atoms with van der Waals surface area (Å²) in [7, 11) is 1.57. The molecule has 2 aromatic heterocycles. The van der Waals surface area contributed by atoms with Crippen LogP contribution >= 0.6 is 0 Å². The van der Waals surface area contributed by atoms with E-state index in [1.807, 2.05) is 32.9 Å². The summed E-state index contributed by atoms with van der Waals surface area (Å²) in [6.07, 6.45) is 0.461. The summed E-state index contributed by atoms with van der Waals surface area (Å²) in [5.74, 6) is 0.831. The van der Waals surface area contributed by atoms with Crippen LogP contribution in [0.15, 0.2) is 22.7 Å². The molecule has 0 radical (unpaired) electrons. The van der Waals surface area contributed by atoms with Crippen molar-refractivity contribution in [2.75, 3.05) is 13.7 Å². The van der Waals surface area contributed by atoms with Gasteiger partial charge in [0.2, 0.25) is 5.89 Å². The Labute approximate surface area is 151 Å². The van der Waals surface area contributed by atoms with Crippen LogP contribution in [0.1, 0.15) is 38.9 Å². The predicted molar refractivity (Wildman–Crippen MR) is 97.0 cm³/mol. The highest BCUT2D eigenvalue weighted by molar-refractivity contribution is 6.07. The minimum atomic E-state index is -0.137. The molecule has 0 aliphatic carbocycles. The number of hydrogen-bond acceptors (Lipinski definition) is 6. The Kier molecular flexibility index (Phi) is 5.27. The minimum Gasteiger partial charge on any atom is -0.377 e. The van der Waals surface area contributed by atoms with Gasteiger partial charge in [-0.05, 0) is 38.5 Å². The average molecular weight is 354 g/mol. The molecule has 0 bridgehead atoms. The minimum absolute atomic E-state index is 0.137. The van der Waals surface area contributed by atoms with Gasteiger partial charge in [0.05, 0.1) is 11.1 Å². The highest BCUT2D eigenvalue weighted by Crippen LogP contribution is 2.23. The van der Waals surface area contributed by atoms with E-state index in [1.54, 1.807) is 7.11 Å². The van der Waals surface area contributed by atoms with Gasteiger partial charge in [0, 0.05) is 31.2 Å². The number of aromatic nitrogens is 3. The van der Waals surface area contributed by atoms with Gasteiger partial charge in [0.1, 0.15) is 6.61 Å². The molecule has 3 rings (SSSR count). The van der Waals surface area contributed by atoms with E-state index < -0.39 is 0 Å². The Balaban J connectivity index is 1.75. The number of carbonyl (C=O) groups excluding carboxylic acids is 1. The molecule has 0 saturated heterocycles. The lowest BCUT2D eigenvalue weighted by atomic mass is 10.0. The van der Waals surface area contributed by atoms with E-state index in [0.717, 1.165) is 27.7 Å². The maximum Gasteiger partial charge on any atom is 0.252 e. The van der Waals surface area contributed by atoms with Gasteiger partial charge in [-0.25, -0.2) is 0 Å². The van der Waals surface area contributed by atoms with Gasteiger partial charge < -0.3 is 14.6 Å². The van der Waals surface area contributed by atoms with E-state index in [1.165, 1.54) is 0 Å². The van der Waals surface area contributed by atoms with Gasteiger partial charge in [-0.2, -0.15) is 4.98 Å². The number of nitrogens with zero attached hydrogens (tertiary/aromatic N) is 3. The van der Waals surface area contributed by atoms with Crippen LogP contribution in [0.4, 0.5) is 0 Å². The molecule has 3 aromatic rings. The zero-order chi connectivity index (χ0) is 18.7. The average Bonchev–Trinajstić information content (AvgIpc) is 3.03. The molecule has 0 aliphatic heterocycles. The van der Waals surface area contributed by atoms with Crippen molar-refractivity contribution in [3.05, 3.63) is 52.3 Å². The van der Waals surface area contributed by atoms with E-state index in [4.69, 9.17) is 9.26 Å². The third-order valence-electron chi connectivity index (χ3n) is 4.03. The number of rotatable bonds is 6. The molecule has 26 heavy (non-hydrogen) atoms. The Morgan fingerprint density at radius 3 is 2.77 bits per heavy atom. The van der Waals surface area contributed by atoms with E-state index in [-0.39, 0.29) is 5.91 Å². The summed E-state index contributed by atoms with van der Waals surface area (Å²) in [6, 6.07) is 5.89. The number of fused-ring (bicyclic) bond motifs is 1. The summed E-state index contributed by atoms with van der Waals surface area (Å²) in [4.78, 5) is 21.5. The molecule has 0 unspecified atom stereocenters. The van der Waals surface area contributed by atoms with E-state index in [0.29, 0.717) is 36.9 Å². The lowest BCUT2D eigenvalue weighted by molar-refractivity contribution is 0.0955. The number of hydrogen-bond donors (Lipinski definition) is 1. The molecule has 7 nitrogen and oxygen atoms in total. The van der Waals surface area contributed by atoms with Crippen LogP contribution < -0.4 is 5.32 Å². The molecular weight excluding hydrogens is 332 g/mol. The lowest BCUT2D eigenvalue weighted by Crippen LogP contribution is -2.26. The van der Waals surface area contributed by atoms with Crippen molar-refractivity contribution in [3.63, 3.8) is 0 Å². The number of carbonyl (C=O) groups is 1. The molecule has 136 valence electrons. The van der Waals surface area contributed by atoms with Gasteiger partial charge in [-0.3, -0.25) is 9.78 Å². The summed E-state index contributed by atoms with van der Waals surface area (Å²) < 4.78 is 10.1. The fourth-order valence-electron chi connectivity index (χ4n) is 2.95. The Morgan fingerprint density at radius 2 is 2.00 bits per heavy atom. The van der Waals surface area contributed by atoms with Gasteiger partial charge in [0.25, 0.3) is 5.91 Å². The molecule has 2 heterocycles. The molecule has 1 amide bonds. The van der Waals surface area contributed by atoms with Crippen LogP contribution in [0.25, 0.3) is 10.9 Å². The van der Waals surface area contributed by atoms with Crippen molar-refractivity contribution in [2.45, 2.75) is 33.8 Å². The molecule has 7 heteroatoms. The Bertz CT molecular complexity index is 949. The second kappa shape index (κ2) is 7.61. The molecule has 0 atom stereocenters. The van der Waals surface area contributed by atoms with Gasteiger partial charge >= 0.3 is 0 Å². The fourth-order valence-corrected chi connectivity index (χ4v) is 2.95. The number of amides is 1. The topological polar surface area (TPSA) is 90.1 Å². The first-order chi connectivity index (χ1) is 12.5. The van der Waals surface area contributed by atoms with Crippen molar-refractivity contribution in [2.24, 2.45) is 0 Å². The normalized spacial score (nSPS) is 11.1. The Morgan fingerprint density at radius 1 is 1.19 bits per heavy atom. The second-order valence-corrected chi connectivity index (χ2v) is 6.33. The van der Waals surface area contributed by atoms with Crippen molar-refractivity contribution in [1.29, 1.82) is 0 Å². The molecule has 0 aliphatic rings. The monoisotopic (exact) mass is 354 g/mol. The van der Waals surface area contributed by atoms with Gasteiger partial charge in [-0.1, -0.05) is 16.8 Å². The largest absolute Gasteiger partial charge is 0.377 e. The van der Waals surface area contributed by atoms with Crippen molar-refractivity contribution in [1.82, 2.24) is 20.4 Å². The third kappa shape index (κ3) is 3.88. The first-order valence-corrected chi connectivity index (χ1v) is 8.45. The highest BCUT2D eigenvalue weighted by atomic mass is 16.5. The van der Waals surface area contributed by atoms with Crippen LogP contribution in [0.5, 0.6) is 0 Å². The molecule has 0 spiro atoms. The number of nitrogens with one attached hydrogen (secondary N) is 1. The summed E-state index contributed by atoms with van der Waals surface area (Å²) >= 11 is 0. The first kappa shape index (κ1) is 18.0. The fraction of sp³-hybridized carbons (Fsp3) is 0.368. The number of methoxy groups -OCH3 is 1. The summed E-state index contributed by atoms with van der Waals surface area (Å²) in [5, 5.41) is 7.59. The van der Waals surface area contributed by atoms with Crippen LogP contribution in [-0.4, -0.2) is 34.7 Å². The van der Waals surface area contributed by atoms with Crippen LogP contribution in [0, 0.1) is 20.8 Å².